The number of anilines is 2. The molecule has 218 valence electrons. The van der Waals surface area contributed by atoms with Crippen LogP contribution in [0.1, 0.15) is 110 Å². The summed E-state index contributed by atoms with van der Waals surface area (Å²) in [4.78, 5) is 2.80. The molecule has 1 aliphatic heterocycles. The average Bonchev–Trinajstić information content (AvgIpc) is 2.99. The fourth-order valence-corrected chi connectivity index (χ4v) is 5.86. The van der Waals surface area contributed by atoms with Crippen LogP contribution in [0.2, 0.25) is 0 Å². The number of unbranched alkanes of at least 4 members (excludes halogenated alkanes) is 11. The normalized spacial score (nSPS) is 14.4. The quantitative estimate of drug-likeness (QED) is 0.161. The molecule has 0 unspecified atom stereocenters. The summed E-state index contributed by atoms with van der Waals surface area (Å²) in [6, 6.07) is 21.6. The summed E-state index contributed by atoms with van der Waals surface area (Å²) in [7, 11) is 0. The molecule has 1 saturated heterocycles. The minimum atomic E-state index is 0.650. The van der Waals surface area contributed by atoms with Gasteiger partial charge in [0.15, 0.2) is 0 Å². The van der Waals surface area contributed by atoms with E-state index in [1.807, 2.05) is 0 Å². The van der Waals surface area contributed by atoms with Crippen molar-refractivity contribution < 1.29 is 0 Å². The molecule has 0 aromatic heterocycles. The highest BCUT2D eigenvalue weighted by Gasteiger charge is 2.25. The van der Waals surface area contributed by atoms with E-state index in [1.165, 1.54) is 127 Å². The Labute approximate surface area is 241 Å². The first-order chi connectivity index (χ1) is 19.3. The van der Waals surface area contributed by atoms with E-state index in [0.29, 0.717) is 5.92 Å². The first kappa shape index (κ1) is 31.5. The summed E-state index contributed by atoms with van der Waals surface area (Å²) in [5.74, 6) is 0.650. The largest absolute Gasteiger partial charge is 0.303 e. The highest BCUT2D eigenvalue weighted by Crippen LogP contribution is 2.24. The van der Waals surface area contributed by atoms with Crippen molar-refractivity contribution in [3.63, 3.8) is 0 Å². The lowest BCUT2D eigenvalue weighted by Gasteiger charge is -2.43. The van der Waals surface area contributed by atoms with Crippen molar-refractivity contribution in [3.8, 4) is 0 Å². The number of rotatable bonds is 21. The van der Waals surface area contributed by atoms with Crippen molar-refractivity contribution in [1.29, 1.82) is 0 Å². The molecular formula is C35H58N4. The van der Waals surface area contributed by atoms with Gasteiger partial charge >= 0.3 is 0 Å². The Balaban J connectivity index is 1.45. The van der Waals surface area contributed by atoms with Gasteiger partial charge in [0, 0.05) is 13.1 Å². The molecule has 1 N–H and O–H groups in total. The molecular weight excluding hydrogens is 476 g/mol. The third-order valence-corrected chi connectivity index (χ3v) is 8.25. The lowest BCUT2D eigenvalue weighted by atomic mass is 9.99. The van der Waals surface area contributed by atoms with Gasteiger partial charge in [0.1, 0.15) is 0 Å². The van der Waals surface area contributed by atoms with E-state index >= 15 is 0 Å². The molecule has 1 heterocycles. The molecule has 39 heavy (non-hydrogen) atoms. The molecule has 2 aromatic carbocycles. The first-order valence-electron chi connectivity index (χ1n) is 16.4. The molecule has 0 aliphatic carbocycles. The molecule has 4 heteroatoms. The molecule has 4 nitrogen and oxygen atoms in total. The fourth-order valence-electron chi connectivity index (χ4n) is 5.86. The van der Waals surface area contributed by atoms with Crippen LogP contribution in [-0.2, 0) is 0 Å². The van der Waals surface area contributed by atoms with Gasteiger partial charge in [-0.1, -0.05) is 121 Å². The molecule has 1 fully saturated rings. The Hall–Kier alpha value is -2.04. The molecule has 0 atom stereocenters. The highest BCUT2D eigenvalue weighted by atomic mass is 15.8. The van der Waals surface area contributed by atoms with Crippen LogP contribution in [0, 0.1) is 5.92 Å². The van der Waals surface area contributed by atoms with Crippen LogP contribution < -0.4 is 15.6 Å². The maximum absolute atomic E-state index is 3.67. The summed E-state index contributed by atoms with van der Waals surface area (Å²) in [5, 5.41) is 4.68. The Morgan fingerprint density at radius 1 is 0.564 bits per heavy atom. The Morgan fingerprint density at radius 3 is 1.44 bits per heavy atom. The Kier molecular flexibility index (Phi) is 16.1. The zero-order valence-electron chi connectivity index (χ0n) is 25.3. The smallest absolute Gasteiger partial charge is 0.0537 e. The molecule has 3 rings (SSSR count). The maximum Gasteiger partial charge on any atom is 0.0537 e. The summed E-state index contributed by atoms with van der Waals surface area (Å²) in [6.07, 6.45) is 20.7. The maximum atomic E-state index is 3.67. The van der Waals surface area contributed by atoms with E-state index in [9.17, 15) is 0 Å². The monoisotopic (exact) mass is 534 g/mol. The van der Waals surface area contributed by atoms with Crippen molar-refractivity contribution in [3.05, 3.63) is 60.7 Å². The Morgan fingerprint density at radius 2 is 0.974 bits per heavy atom. The minimum absolute atomic E-state index is 0.650. The van der Waals surface area contributed by atoms with Crippen LogP contribution in [0.25, 0.3) is 0 Å². The molecule has 0 saturated carbocycles. The van der Waals surface area contributed by atoms with Gasteiger partial charge in [-0.25, -0.2) is 0 Å². The second-order valence-electron chi connectivity index (χ2n) is 11.7. The van der Waals surface area contributed by atoms with Crippen LogP contribution in [-0.4, -0.2) is 37.6 Å². The third kappa shape index (κ3) is 12.8. The molecule has 0 spiro atoms. The van der Waals surface area contributed by atoms with Crippen LogP contribution in [0.5, 0.6) is 0 Å². The molecule has 0 amide bonds. The molecule has 0 bridgehead atoms. The van der Waals surface area contributed by atoms with Gasteiger partial charge in [-0.3, -0.25) is 10.0 Å². The summed E-state index contributed by atoms with van der Waals surface area (Å²) < 4.78 is 0. The number of nitrogens with zero attached hydrogens (tertiary/aromatic N) is 3. The molecule has 2 aromatic rings. The van der Waals surface area contributed by atoms with E-state index < -0.39 is 0 Å². The number of benzene rings is 2. The van der Waals surface area contributed by atoms with Crippen LogP contribution in [0.15, 0.2) is 60.7 Å². The van der Waals surface area contributed by atoms with Gasteiger partial charge in [0.25, 0.3) is 0 Å². The predicted octanol–water partition coefficient (Wildman–Crippen LogP) is 9.24. The number of hydrazine groups is 2. The van der Waals surface area contributed by atoms with Gasteiger partial charge < -0.3 is 4.90 Å². The van der Waals surface area contributed by atoms with Gasteiger partial charge in [-0.15, -0.1) is 5.53 Å². The summed E-state index contributed by atoms with van der Waals surface area (Å²) in [5.41, 5.74) is 6.15. The SMILES string of the molecule is CCCCCCCCN(CCCCCCCC)CCCCC1CN(c2ccccc2)NN(c2ccccc2)C1. The van der Waals surface area contributed by atoms with Crippen molar-refractivity contribution in [2.24, 2.45) is 5.92 Å². The van der Waals surface area contributed by atoms with Crippen LogP contribution in [0.3, 0.4) is 0 Å². The predicted molar refractivity (Wildman–Crippen MR) is 171 cm³/mol. The topological polar surface area (TPSA) is 21.8 Å². The van der Waals surface area contributed by atoms with Crippen LogP contribution >= 0.6 is 0 Å². The first-order valence-corrected chi connectivity index (χ1v) is 16.4. The van der Waals surface area contributed by atoms with E-state index in [1.54, 1.807) is 0 Å². The van der Waals surface area contributed by atoms with Gasteiger partial charge in [0.2, 0.25) is 0 Å². The van der Waals surface area contributed by atoms with Crippen molar-refractivity contribution >= 4 is 11.4 Å². The average molecular weight is 535 g/mol. The standard InChI is InChI=1S/C35H58N4/c1-3-5-7-9-11-20-28-37(29-21-12-10-8-6-4-2)30-22-19-23-33-31-38(34-24-15-13-16-25-34)36-39(32-33)35-26-17-14-18-27-35/h13-18,24-27,33,36H,3-12,19-23,28-32H2,1-2H3. The Bertz CT molecular complexity index is 764. The minimum Gasteiger partial charge on any atom is -0.303 e. The van der Waals surface area contributed by atoms with Gasteiger partial charge in [-0.2, -0.15) is 0 Å². The van der Waals surface area contributed by atoms with E-state index in [4.69, 9.17) is 0 Å². The second kappa shape index (κ2) is 19.9. The lowest BCUT2D eigenvalue weighted by Crippen LogP contribution is -2.59. The van der Waals surface area contributed by atoms with Crippen LogP contribution in [0.4, 0.5) is 11.4 Å². The van der Waals surface area contributed by atoms with Crippen molar-refractivity contribution in [2.75, 3.05) is 42.7 Å². The number of nitrogens with one attached hydrogen (secondary N) is 1. The number of hydrogen-bond acceptors (Lipinski definition) is 4. The fraction of sp³-hybridized carbons (Fsp3) is 0.657. The lowest BCUT2D eigenvalue weighted by molar-refractivity contribution is 0.250. The van der Waals surface area contributed by atoms with E-state index in [0.717, 1.165) is 13.1 Å². The van der Waals surface area contributed by atoms with E-state index in [-0.39, 0.29) is 0 Å². The zero-order valence-corrected chi connectivity index (χ0v) is 25.3. The molecule has 0 radical (unpaired) electrons. The number of hydrogen-bond donors (Lipinski definition) is 1. The highest BCUT2D eigenvalue weighted by molar-refractivity contribution is 5.50. The summed E-state index contributed by atoms with van der Waals surface area (Å²) in [6.45, 7) is 10.6. The van der Waals surface area contributed by atoms with Crippen molar-refractivity contribution in [2.45, 2.75) is 110 Å². The van der Waals surface area contributed by atoms with Gasteiger partial charge in [0.05, 0.1) is 11.4 Å². The van der Waals surface area contributed by atoms with Gasteiger partial charge in [-0.05, 0) is 75.5 Å². The molecule has 1 aliphatic rings. The number of para-hydroxylation sites is 2. The second-order valence-corrected chi connectivity index (χ2v) is 11.7. The third-order valence-electron chi connectivity index (χ3n) is 8.25. The zero-order chi connectivity index (χ0) is 27.4. The van der Waals surface area contributed by atoms with Crippen molar-refractivity contribution in [1.82, 2.24) is 10.4 Å². The summed E-state index contributed by atoms with van der Waals surface area (Å²) >= 11 is 0. The van der Waals surface area contributed by atoms with E-state index in [2.05, 4.69) is 95.0 Å².